The summed E-state index contributed by atoms with van der Waals surface area (Å²) in [6.07, 6.45) is 12.8. The predicted octanol–water partition coefficient (Wildman–Crippen LogP) is 5.81. The van der Waals surface area contributed by atoms with Gasteiger partial charge in [0.2, 0.25) is 0 Å². The first-order valence-corrected chi connectivity index (χ1v) is 7.20. The maximum Gasteiger partial charge on any atom is -0.0443 e. The van der Waals surface area contributed by atoms with Crippen LogP contribution in [0, 0.1) is 11.8 Å². The lowest BCUT2D eigenvalue weighted by atomic mass is 9.94. The highest BCUT2D eigenvalue weighted by atomic mass is 14.1. The Hall–Kier alpha value is 0. The molecule has 0 aromatic rings. The van der Waals surface area contributed by atoms with Crippen molar-refractivity contribution in [1.82, 2.24) is 0 Å². The molecule has 0 saturated carbocycles. The summed E-state index contributed by atoms with van der Waals surface area (Å²) in [5.74, 6) is 1.92. The van der Waals surface area contributed by atoms with E-state index in [1.54, 1.807) is 0 Å². The molecule has 0 aromatic carbocycles. The molecule has 0 rings (SSSR count). The standard InChI is InChI=1S/C15H32/c1-5-7-11-15(4)13-9-8-12-14(3)10-6-2/h14-15H,5-13H2,1-4H3. The average Bonchev–Trinajstić information content (AvgIpc) is 2.22. The average molecular weight is 212 g/mol. The Morgan fingerprint density at radius 1 is 0.600 bits per heavy atom. The number of rotatable bonds is 10. The predicted molar refractivity (Wildman–Crippen MR) is 71.2 cm³/mol. The molecular formula is C15H32. The fourth-order valence-corrected chi connectivity index (χ4v) is 2.32. The lowest BCUT2D eigenvalue weighted by Crippen LogP contribution is -1.97. The van der Waals surface area contributed by atoms with Gasteiger partial charge in [-0.15, -0.1) is 0 Å². The smallest absolute Gasteiger partial charge is 0.0443 e. The third kappa shape index (κ3) is 10.3. The molecule has 0 aliphatic heterocycles. The molecule has 0 heterocycles. The summed E-state index contributed by atoms with van der Waals surface area (Å²) in [5, 5.41) is 0. The minimum atomic E-state index is 0.959. The molecule has 92 valence electrons. The molecule has 0 aliphatic carbocycles. The van der Waals surface area contributed by atoms with Gasteiger partial charge in [-0.25, -0.2) is 0 Å². The van der Waals surface area contributed by atoms with Crippen LogP contribution in [0.2, 0.25) is 0 Å². The first-order chi connectivity index (χ1) is 7.20. The van der Waals surface area contributed by atoms with E-state index in [0.29, 0.717) is 0 Å². The van der Waals surface area contributed by atoms with E-state index in [0.717, 1.165) is 11.8 Å². The Kier molecular flexibility index (Phi) is 10.5. The Balaban J connectivity index is 3.22. The van der Waals surface area contributed by atoms with Gasteiger partial charge in [-0.3, -0.25) is 0 Å². The first kappa shape index (κ1) is 15.0. The molecule has 0 N–H and O–H groups in total. The fourth-order valence-electron chi connectivity index (χ4n) is 2.32. The lowest BCUT2D eigenvalue weighted by molar-refractivity contribution is 0.412. The second kappa shape index (κ2) is 10.5. The number of hydrogen-bond acceptors (Lipinski definition) is 0. The largest absolute Gasteiger partial charge is 0.0654 e. The van der Waals surface area contributed by atoms with Crippen LogP contribution in [-0.2, 0) is 0 Å². The van der Waals surface area contributed by atoms with Crippen LogP contribution in [0.25, 0.3) is 0 Å². The van der Waals surface area contributed by atoms with Gasteiger partial charge in [-0.2, -0.15) is 0 Å². The molecule has 0 fully saturated rings. The third-order valence-electron chi connectivity index (χ3n) is 3.48. The van der Waals surface area contributed by atoms with Crippen LogP contribution >= 0.6 is 0 Å². The SMILES string of the molecule is CCCCC(C)CCCCC(C)CCC. The van der Waals surface area contributed by atoms with Crippen molar-refractivity contribution in [3.63, 3.8) is 0 Å². The molecule has 0 bridgehead atoms. The topological polar surface area (TPSA) is 0 Å². The summed E-state index contributed by atoms with van der Waals surface area (Å²) < 4.78 is 0. The molecule has 0 heteroatoms. The number of unbranched alkanes of at least 4 members (excludes halogenated alkanes) is 2. The van der Waals surface area contributed by atoms with Gasteiger partial charge >= 0.3 is 0 Å². The van der Waals surface area contributed by atoms with Crippen molar-refractivity contribution in [2.24, 2.45) is 11.8 Å². The lowest BCUT2D eigenvalue weighted by Gasteiger charge is -2.12. The zero-order valence-corrected chi connectivity index (χ0v) is 11.5. The van der Waals surface area contributed by atoms with Gasteiger partial charge < -0.3 is 0 Å². The summed E-state index contributed by atoms with van der Waals surface area (Å²) in [6.45, 7) is 9.41. The molecule has 0 aliphatic rings. The Labute approximate surface area is 97.8 Å². The Morgan fingerprint density at radius 3 is 1.53 bits per heavy atom. The van der Waals surface area contributed by atoms with E-state index in [1.165, 1.54) is 57.8 Å². The van der Waals surface area contributed by atoms with Crippen molar-refractivity contribution in [1.29, 1.82) is 0 Å². The maximum atomic E-state index is 2.42. The molecule has 0 spiro atoms. The fraction of sp³-hybridized carbons (Fsp3) is 1.00. The van der Waals surface area contributed by atoms with Crippen LogP contribution in [0.5, 0.6) is 0 Å². The van der Waals surface area contributed by atoms with E-state index in [4.69, 9.17) is 0 Å². The van der Waals surface area contributed by atoms with E-state index in [1.807, 2.05) is 0 Å². The van der Waals surface area contributed by atoms with Crippen molar-refractivity contribution in [3.8, 4) is 0 Å². The Bertz CT molecular complexity index is 117. The normalized spacial score (nSPS) is 15.2. The monoisotopic (exact) mass is 212 g/mol. The molecule has 0 amide bonds. The van der Waals surface area contributed by atoms with Gasteiger partial charge in [-0.1, -0.05) is 85.5 Å². The van der Waals surface area contributed by atoms with E-state index in [9.17, 15) is 0 Å². The van der Waals surface area contributed by atoms with Gasteiger partial charge in [-0.05, 0) is 11.8 Å². The summed E-state index contributed by atoms with van der Waals surface area (Å²) in [4.78, 5) is 0. The van der Waals surface area contributed by atoms with Crippen molar-refractivity contribution >= 4 is 0 Å². The zero-order valence-electron chi connectivity index (χ0n) is 11.5. The van der Waals surface area contributed by atoms with Crippen molar-refractivity contribution in [2.75, 3.05) is 0 Å². The van der Waals surface area contributed by atoms with E-state index < -0.39 is 0 Å². The second-order valence-electron chi connectivity index (χ2n) is 5.43. The highest BCUT2D eigenvalue weighted by Crippen LogP contribution is 2.19. The quantitative estimate of drug-likeness (QED) is 0.401. The van der Waals surface area contributed by atoms with Gasteiger partial charge in [0.05, 0.1) is 0 Å². The van der Waals surface area contributed by atoms with E-state index in [-0.39, 0.29) is 0 Å². The van der Waals surface area contributed by atoms with E-state index >= 15 is 0 Å². The van der Waals surface area contributed by atoms with Crippen molar-refractivity contribution < 1.29 is 0 Å². The van der Waals surface area contributed by atoms with Crippen LogP contribution < -0.4 is 0 Å². The van der Waals surface area contributed by atoms with Gasteiger partial charge in [0.1, 0.15) is 0 Å². The number of hydrogen-bond donors (Lipinski definition) is 0. The highest BCUT2D eigenvalue weighted by Gasteiger charge is 2.03. The minimum Gasteiger partial charge on any atom is -0.0654 e. The van der Waals surface area contributed by atoms with Crippen LogP contribution in [-0.4, -0.2) is 0 Å². The Morgan fingerprint density at radius 2 is 1.07 bits per heavy atom. The van der Waals surface area contributed by atoms with E-state index in [2.05, 4.69) is 27.7 Å². The van der Waals surface area contributed by atoms with Gasteiger partial charge in [0.25, 0.3) is 0 Å². The molecule has 0 saturated heterocycles. The molecule has 2 unspecified atom stereocenters. The van der Waals surface area contributed by atoms with Crippen molar-refractivity contribution in [2.45, 2.75) is 85.5 Å². The zero-order chi connectivity index (χ0) is 11.5. The van der Waals surface area contributed by atoms with Crippen LogP contribution in [0.4, 0.5) is 0 Å². The second-order valence-corrected chi connectivity index (χ2v) is 5.43. The van der Waals surface area contributed by atoms with Gasteiger partial charge in [0.15, 0.2) is 0 Å². The molecule has 0 nitrogen and oxygen atoms in total. The van der Waals surface area contributed by atoms with Crippen LogP contribution in [0.3, 0.4) is 0 Å². The van der Waals surface area contributed by atoms with Gasteiger partial charge in [0, 0.05) is 0 Å². The first-order valence-electron chi connectivity index (χ1n) is 7.20. The maximum absolute atomic E-state index is 2.42. The van der Waals surface area contributed by atoms with Crippen LogP contribution in [0.1, 0.15) is 85.5 Å². The molecule has 2 atom stereocenters. The molecule has 15 heavy (non-hydrogen) atoms. The summed E-state index contributed by atoms with van der Waals surface area (Å²) in [5.41, 5.74) is 0. The molecular weight excluding hydrogens is 180 g/mol. The molecule has 0 radical (unpaired) electrons. The third-order valence-corrected chi connectivity index (χ3v) is 3.48. The molecule has 0 aromatic heterocycles. The summed E-state index contributed by atoms with van der Waals surface area (Å²) in [6, 6.07) is 0. The highest BCUT2D eigenvalue weighted by molar-refractivity contribution is 4.56. The van der Waals surface area contributed by atoms with Crippen molar-refractivity contribution in [3.05, 3.63) is 0 Å². The summed E-state index contributed by atoms with van der Waals surface area (Å²) in [7, 11) is 0. The summed E-state index contributed by atoms with van der Waals surface area (Å²) >= 11 is 0. The van der Waals surface area contributed by atoms with Crippen LogP contribution in [0.15, 0.2) is 0 Å². The minimum absolute atomic E-state index is 0.959.